The number of hydrogen-bond acceptors (Lipinski definition) is 3. The van der Waals surface area contributed by atoms with Crippen molar-refractivity contribution in [3.63, 3.8) is 0 Å². The van der Waals surface area contributed by atoms with Crippen molar-refractivity contribution >= 4 is 33.4 Å². The van der Waals surface area contributed by atoms with E-state index < -0.39 is 0 Å². The number of fused-ring (bicyclic) bond motifs is 2. The number of benzene rings is 2. The van der Waals surface area contributed by atoms with Gasteiger partial charge in [0.05, 0.1) is 23.0 Å². The molecule has 0 atom stereocenters. The first-order valence-corrected chi connectivity index (χ1v) is 8.61. The molecule has 0 unspecified atom stereocenters. The molecule has 3 aromatic heterocycles. The van der Waals surface area contributed by atoms with E-state index >= 15 is 0 Å². The minimum absolute atomic E-state index is 0.185. The Morgan fingerprint density at radius 2 is 1.89 bits per heavy atom. The molecule has 3 heterocycles. The number of aromatic nitrogens is 2. The zero-order chi connectivity index (χ0) is 18.2. The van der Waals surface area contributed by atoms with Gasteiger partial charge in [-0.1, -0.05) is 24.3 Å². The topological polar surface area (TPSA) is 70.9 Å². The summed E-state index contributed by atoms with van der Waals surface area (Å²) in [6.45, 7) is 0. The number of amides is 1. The van der Waals surface area contributed by atoms with Crippen molar-refractivity contribution in [1.29, 1.82) is 0 Å². The second-order valence-electron chi connectivity index (χ2n) is 6.25. The van der Waals surface area contributed by atoms with E-state index in [9.17, 15) is 4.79 Å². The van der Waals surface area contributed by atoms with Crippen molar-refractivity contribution in [3.8, 4) is 11.5 Å². The molecule has 0 saturated carbocycles. The van der Waals surface area contributed by atoms with Crippen LogP contribution in [0.5, 0.6) is 0 Å². The van der Waals surface area contributed by atoms with E-state index in [2.05, 4.69) is 15.3 Å². The number of aromatic amines is 1. The molecule has 130 valence electrons. The molecule has 2 N–H and O–H groups in total. The molecule has 0 aliphatic heterocycles. The van der Waals surface area contributed by atoms with Gasteiger partial charge in [-0.25, -0.2) is 4.98 Å². The maximum absolute atomic E-state index is 13.1. The molecule has 0 saturated heterocycles. The Morgan fingerprint density at radius 1 is 0.963 bits per heavy atom. The van der Waals surface area contributed by atoms with Crippen molar-refractivity contribution in [2.75, 3.05) is 5.32 Å². The van der Waals surface area contributed by atoms with Crippen molar-refractivity contribution < 1.29 is 9.21 Å². The lowest BCUT2D eigenvalue weighted by Crippen LogP contribution is -2.13. The Kier molecular flexibility index (Phi) is 3.50. The van der Waals surface area contributed by atoms with Gasteiger partial charge >= 0.3 is 0 Å². The fourth-order valence-corrected chi connectivity index (χ4v) is 3.30. The lowest BCUT2D eigenvalue weighted by Gasteiger charge is -2.10. The molecule has 0 fully saturated rings. The Balaban J connectivity index is 1.63. The number of hydrogen-bond donors (Lipinski definition) is 2. The van der Waals surface area contributed by atoms with E-state index in [1.807, 2.05) is 60.8 Å². The van der Waals surface area contributed by atoms with Crippen LogP contribution < -0.4 is 5.32 Å². The van der Waals surface area contributed by atoms with Gasteiger partial charge in [-0.05, 0) is 42.5 Å². The van der Waals surface area contributed by atoms with Crippen LogP contribution in [0.15, 0.2) is 83.6 Å². The van der Waals surface area contributed by atoms with E-state index in [1.165, 1.54) is 0 Å². The normalized spacial score (nSPS) is 11.1. The van der Waals surface area contributed by atoms with Gasteiger partial charge in [0.2, 0.25) is 0 Å². The van der Waals surface area contributed by atoms with E-state index in [-0.39, 0.29) is 5.91 Å². The first-order valence-electron chi connectivity index (χ1n) is 8.61. The van der Waals surface area contributed by atoms with Gasteiger partial charge in [-0.3, -0.25) is 4.79 Å². The molecular weight excluding hydrogens is 338 g/mol. The van der Waals surface area contributed by atoms with Crippen LogP contribution in [0.4, 0.5) is 5.69 Å². The summed E-state index contributed by atoms with van der Waals surface area (Å²) in [6, 6.07) is 20.7. The maximum atomic E-state index is 13.1. The van der Waals surface area contributed by atoms with Gasteiger partial charge in [-0.2, -0.15) is 0 Å². The summed E-state index contributed by atoms with van der Waals surface area (Å²) in [4.78, 5) is 20.9. The van der Waals surface area contributed by atoms with Crippen LogP contribution in [0.3, 0.4) is 0 Å². The number of H-pyrrole nitrogens is 1. The Hall–Kier alpha value is -3.86. The molecule has 0 radical (unpaired) electrons. The molecule has 0 aliphatic carbocycles. The van der Waals surface area contributed by atoms with Gasteiger partial charge in [-0.15, -0.1) is 0 Å². The highest BCUT2D eigenvalue weighted by molar-refractivity contribution is 6.15. The number of furan rings is 1. The standard InChI is InChI=1S/C22H15N3O2/c26-22(25-19-8-3-7-17-15(19)10-11-23-17)16-13-20(21-9-4-12-27-21)24-18-6-2-1-5-14(16)18/h1-13,23H,(H,25,26). The van der Waals surface area contributed by atoms with Crippen LogP contribution in [-0.2, 0) is 0 Å². The number of rotatable bonds is 3. The lowest BCUT2D eigenvalue weighted by atomic mass is 10.1. The van der Waals surface area contributed by atoms with Gasteiger partial charge in [0, 0.05) is 22.5 Å². The van der Waals surface area contributed by atoms with Gasteiger partial charge in [0.1, 0.15) is 5.69 Å². The number of nitrogens with zero attached hydrogens (tertiary/aromatic N) is 1. The van der Waals surface area contributed by atoms with E-state index in [4.69, 9.17) is 4.42 Å². The summed E-state index contributed by atoms with van der Waals surface area (Å²) in [5.41, 5.74) is 3.67. The third kappa shape index (κ3) is 2.66. The van der Waals surface area contributed by atoms with Crippen LogP contribution in [0.2, 0.25) is 0 Å². The van der Waals surface area contributed by atoms with Gasteiger partial charge < -0.3 is 14.7 Å². The zero-order valence-electron chi connectivity index (χ0n) is 14.3. The van der Waals surface area contributed by atoms with E-state index in [1.54, 1.807) is 18.4 Å². The summed E-state index contributed by atoms with van der Waals surface area (Å²) in [6.07, 6.45) is 3.45. The summed E-state index contributed by atoms with van der Waals surface area (Å²) in [5.74, 6) is 0.442. The Labute approximate surface area is 154 Å². The highest BCUT2D eigenvalue weighted by atomic mass is 16.3. The predicted molar refractivity (Wildman–Crippen MR) is 106 cm³/mol. The molecule has 0 aliphatic rings. The number of nitrogens with one attached hydrogen (secondary N) is 2. The largest absolute Gasteiger partial charge is 0.463 e. The van der Waals surface area contributed by atoms with E-state index in [0.29, 0.717) is 17.0 Å². The van der Waals surface area contributed by atoms with Crippen LogP contribution >= 0.6 is 0 Å². The third-order valence-corrected chi connectivity index (χ3v) is 4.58. The maximum Gasteiger partial charge on any atom is 0.256 e. The fourth-order valence-electron chi connectivity index (χ4n) is 3.30. The lowest BCUT2D eigenvalue weighted by molar-refractivity contribution is 0.102. The van der Waals surface area contributed by atoms with Crippen molar-refractivity contribution in [2.45, 2.75) is 0 Å². The quantitative estimate of drug-likeness (QED) is 0.467. The van der Waals surface area contributed by atoms with Crippen LogP contribution in [-0.4, -0.2) is 15.9 Å². The second kappa shape index (κ2) is 6.14. The molecule has 0 spiro atoms. The molecule has 1 amide bonds. The molecule has 5 aromatic rings. The average molecular weight is 353 g/mol. The van der Waals surface area contributed by atoms with E-state index in [0.717, 1.165) is 27.5 Å². The Morgan fingerprint density at radius 3 is 2.78 bits per heavy atom. The average Bonchev–Trinajstić information content (AvgIpc) is 3.39. The van der Waals surface area contributed by atoms with Crippen molar-refractivity contribution in [1.82, 2.24) is 9.97 Å². The van der Waals surface area contributed by atoms with Crippen molar-refractivity contribution in [3.05, 3.63) is 84.8 Å². The number of anilines is 1. The van der Waals surface area contributed by atoms with Gasteiger partial charge in [0.15, 0.2) is 5.76 Å². The second-order valence-corrected chi connectivity index (χ2v) is 6.25. The summed E-state index contributed by atoms with van der Waals surface area (Å²) >= 11 is 0. The molecule has 0 bridgehead atoms. The molecular formula is C22H15N3O2. The van der Waals surface area contributed by atoms with Crippen LogP contribution in [0.25, 0.3) is 33.3 Å². The molecule has 27 heavy (non-hydrogen) atoms. The highest BCUT2D eigenvalue weighted by Gasteiger charge is 2.16. The highest BCUT2D eigenvalue weighted by Crippen LogP contribution is 2.27. The fraction of sp³-hybridized carbons (Fsp3) is 0. The molecule has 2 aromatic carbocycles. The number of carbonyl (C=O) groups excluding carboxylic acids is 1. The monoisotopic (exact) mass is 353 g/mol. The molecule has 5 nitrogen and oxygen atoms in total. The smallest absolute Gasteiger partial charge is 0.256 e. The number of para-hydroxylation sites is 1. The first-order chi connectivity index (χ1) is 13.3. The minimum atomic E-state index is -0.185. The third-order valence-electron chi connectivity index (χ3n) is 4.58. The number of pyridine rings is 1. The molecule has 5 rings (SSSR count). The minimum Gasteiger partial charge on any atom is -0.463 e. The van der Waals surface area contributed by atoms with Crippen molar-refractivity contribution in [2.24, 2.45) is 0 Å². The summed E-state index contributed by atoms with van der Waals surface area (Å²) in [5, 5.41) is 4.80. The predicted octanol–water partition coefficient (Wildman–Crippen LogP) is 5.23. The molecule has 5 heteroatoms. The van der Waals surface area contributed by atoms with Gasteiger partial charge in [0.25, 0.3) is 5.91 Å². The van der Waals surface area contributed by atoms with Crippen LogP contribution in [0, 0.1) is 0 Å². The number of carbonyl (C=O) groups is 1. The summed E-state index contributed by atoms with van der Waals surface area (Å²) in [7, 11) is 0. The summed E-state index contributed by atoms with van der Waals surface area (Å²) < 4.78 is 5.47. The van der Waals surface area contributed by atoms with Crippen LogP contribution in [0.1, 0.15) is 10.4 Å². The first kappa shape index (κ1) is 15.4. The SMILES string of the molecule is O=C(Nc1cccc2[nH]ccc12)c1cc(-c2ccco2)nc2ccccc12. The Bertz CT molecular complexity index is 1270. The zero-order valence-corrected chi connectivity index (χ0v) is 14.3.